The van der Waals surface area contributed by atoms with Crippen LogP contribution in [0.1, 0.15) is 10.4 Å². The van der Waals surface area contributed by atoms with E-state index >= 15 is 0 Å². The highest BCUT2D eigenvalue weighted by Gasteiger charge is 2.17. The molecule has 0 aliphatic heterocycles. The zero-order valence-corrected chi connectivity index (χ0v) is 14.8. The summed E-state index contributed by atoms with van der Waals surface area (Å²) in [5.41, 5.74) is 3.58. The molecule has 1 amide bonds. The molecule has 0 fully saturated rings. The van der Waals surface area contributed by atoms with Gasteiger partial charge in [0, 0.05) is 5.56 Å². The van der Waals surface area contributed by atoms with Crippen molar-refractivity contribution in [3.05, 3.63) is 44.0 Å². The Balaban J connectivity index is 1.57. The van der Waals surface area contributed by atoms with Crippen molar-refractivity contribution in [1.82, 2.24) is 15.2 Å². The van der Waals surface area contributed by atoms with E-state index in [9.17, 15) is 4.79 Å². The number of aromatic nitrogens is 3. The molecule has 24 heavy (non-hydrogen) atoms. The van der Waals surface area contributed by atoms with E-state index in [2.05, 4.69) is 20.5 Å². The summed E-state index contributed by atoms with van der Waals surface area (Å²) in [6, 6.07) is 6.84. The van der Waals surface area contributed by atoms with Gasteiger partial charge in [-0.15, -0.1) is 27.8 Å². The fourth-order valence-electron chi connectivity index (χ4n) is 2.03. The summed E-state index contributed by atoms with van der Waals surface area (Å²) in [6.45, 7) is 0. The molecule has 3 heterocycles. The standard InChI is InChI=1S/C14H6Cl2N4O2S2/c15-10-4-7(11(16)24-10)13-19-20-14(22-13)18-12(21)6-1-2-8-9(3-6)23-5-17-8/h1-5H,(H,18,20,21). The maximum Gasteiger partial charge on any atom is 0.322 e. The molecule has 4 aromatic rings. The van der Waals surface area contributed by atoms with E-state index in [1.54, 1.807) is 29.8 Å². The van der Waals surface area contributed by atoms with Gasteiger partial charge in [0.2, 0.25) is 0 Å². The molecule has 0 radical (unpaired) electrons. The van der Waals surface area contributed by atoms with Crippen LogP contribution in [0, 0.1) is 0 Å². The molecule has 6 nitrogen and oxygen atoms in total. The fourth-order valence-corrected chi connectivity index (χ4v) is 4.20. The molecule has 0 bridgehead atoms. The number of nitrogens with zero attached hydrogens (tertiary/aromatic N) is 3. The Morgan fingerprint density at radius 2 is 2.08 bits per heavy atom. The number of halogens is 2. The van der Waals surface area contributed by atoms with Gasteiger partial charge in [0.25, 0.3) is 11.8 Å². The summed E-state index contributed by atoms with van der Waals surface area (Å²) in [7, 11) is 0. The zero-order valence-electron chi connectivity index (χ0n) is 11.6. The van der Waals surface area contributed by atoms with Crippen LogP contribution in [0.4, 0.5) is 6.01 Å². The van der Waals surface area contributed by atoms with Gasteiger partial charge in [-0.25, -0.2) is 4.98 Å². The number of carbonyl (C=O) groups is 1. The summed E-state index contributed by atoms with van der Waals surface area (Å²) < 4.78 is 7.31. The molecule has 4 rings (SSSR count). The van der Waals surface area contributed by atoms with Crippen LogP contribution in [-0.2, 0) is 0 Å². The van der Waals surface area contributed by atoms with Crippen molar-refractivity contribution in [2.24, 2.45) is 0 Å². The Labute approximate surface area is 153 Å². The van der Waals surface area contributed by atoms with Crippen molar-refractivity contribution in [3.63, 3.8) is 0 Å². The highest BCUT2D eigenvalue weighted by atomic mass is 35.5. The summed E-state index contributed by atoms with van der Waals surface area (Å²) in [5.74, 6) is -0.161. The first-order valence-corrected chi connectivity index (χ1v) is 8.98. The lowest BCUT2D eigenvalue weighted by atomic mass is 10.2. The van der Waals surface area contributed by atoms with Crippen LogP contribution in [0.15, 0.2) is 34.2 Å². The van der Waals surface area contributed by atoms with Crippen LogP contribution in [0.5, 0.6) is 0 Å². The van der Waals surface area contributed by atoms with Crippen LogP contribution < -0.4 is 5.32 Å². The average molecular weight is 397 g/mol. The number of fused-ring (bicyclic) bond motifs is 1. The molecule has 0 atom stereocenters. The maximum absolute atomic E-state index is 12.3. The maximum atomic E-state index is 12.3. The topological polar surface area (TPSA) is 80.9 Å². The van der Waals surface area contributed by atoms with Gasteiger partial charge >= 0.3 is 6.01 Å². The largest absolute Gasteiger partial charge is 0.403 e. The summed E-state index contributed by atoms with van der Waals surface area (Å²) in [5, 5.41) is 10.2. The van der Waals surface area contributed by atoms with Crippen LogP contribution in [-0.4, -0.2) is 21.1 Å². The number of hydrogen-bond acceptors (Lipinski definition) is 7. The van der Waals surface area contributed by atoms with Gasteiger partial charge in [-0.2, -0.15) is 0 Å². The second-order valence-corrected chi connectivity index (χ2v) is 7.81. The van der Waals surface area contributed by atoms with E-state index in [1.165, 1.54) is 22.7 Å². The number of amides is 1. The molecule has 1 N–H and O–H groups in total. The number of nitrogens with one attached hydrogen (secondary N) is 1. The second kappa shape index (κ2) is 6.14. The first-order valence-electron chi connectivity index (χ1n) is 6.53. The third-order valence-electron chi connectivity index (χ3n) is 3.13. The van der Waals surface area contributed by atoms with Crippen LogP contribution in [0.3, 0.4) is 0 Å². The number of rotatable bonds is 3. The second-order valence-electron chi connectivity index (χ2n) is 4.64. The number of benzene rings is 1. The number of anilines is 1. The molecule has 0 saturated heterocycles. The third kappa shape index (κ3) is 2.89. The average Bonchev–Trinajstić information content (AvgIpc) is 3.26. The van der Waals surface area contributed by atoms with Gasteiger partial charge in [0.15, 0.2) is 0 Å². The highest BCUT2D eigenvalue weighted by Crippen LogP contribution is 2.37. The minimum Gasteiger partial charge on any atom is -0.403 e. The Morgan fingerprint density at radius 1 is 1.21 bits per heavy atom. The summed E-state index contributed by atoms with van der Waals surface area (Å²) in [6.07, 6.45) is 0. The van der Waals surface area contributed by atoms with Crippen molar-refractivity contribution < 1.29 is 9.21 Å². The van der Waals surface area contributed by atoms with Crippen LogP contribution in [0.25, 0.3) is 21.7 Å². The Hall–Kier alpha value is -2.00. The van der Waals surface area contributed by atoms with Gasteiger partial charge in [-0.05, 0) is 24.3 Å². The third-order valence-corrected chi connectivity index (χ3v) is 5.41. The van der Waals surface area contributed by atoms with Crippen LogP contribution in [0.2, 0.25) is 8.67 Å². The molecule has 3 aromatic heterocycles. The number of hydrogen-bond donors (Lipinski definition) is 1. The zero-order chi connectivity index (χ0) is 16.7. The van der Waals surface area contributed by atoms with E-state index in [4.69, 9.17) is 27.6 Å². The monoisotopic (exact) mass is 396 g/mol. The molecule has 120 valence electrons. The van der Waals surface area contributed by atoms with Crippen LogP contribution >= 0.6 is 45.9 Å². The van der Waals surface area contributed by atoms with Gasteiger partial charge in [0.05, 0.1) is 25.6 Å². The van der Waals surface area contributed by atoms with Gasteiger partial charge < -0.3 is 4.42 Å². The van der Waals surface area contributed by atoms with E-state index in [0.29, 0.717) is 19.8 Å². The first kappa shape index (κ1) is 15.5. The normalized spacial score (nSPS) is 11.1. The predicted octanol–water partition coefficient (Wildman–Crippen LogP) is 4.97. The molecule has 10 heteroatoms. The minimum absolute atomic E-state index is 0.0159. The van der Waals surface area contributed by atoms with Gasteiger partial charge in [-0.3, -0.25) is 10.1 Å². The molecular weight excluding hydrogens is 391 g/mol. The Kier molecular flexibility index (Phi) is 3.97. The van der Waals surface area contributed by atoms with E-state index < -0.39 is 0 Å². The molecule has 1 aromatic carbocycles. The Morgan fingerprint density at radius 3 is 2.88 bits per heavy atom. The quantitative estimate of drug-likeness (QED) is 0.528. The molecular formula is C14H6Cl2N4O2S2. The van der Waals surface area contributed by atoms with Gasteiger partial charge in [-0.1, -0.05) is 28.3 Å². The van der Waals surface area contributed by atoms with Crippen molar-refractivity contribution in [1.29, 1.82) is 0 Å². The Bertz CT molecular complexity index is 1060. The molecule has 0 spiro atoms. The molecule has 0 unspecified atom stereocenters. The predicted molar refractivity (Wildman–Crippen MR) is 95.2 cm³/mol. The lowest BCUT2D eigenvalue weighted by Gasteiger charge is -2.00. The van der Waals surface area contributed by atoms with E-state index in [-0.39, 0.29) is 17.8 Å². The smallest absolute Gasteiger partial charge is 0.322 e. The molecule has 0 aliphatic rings. The number of thiazole rings is 1. The number of carbonyl (C=O) groups excluding carboxylic acids is 1. The van der Waals surface area contributed by atoms with E-state index in [0.717, 1.165) is 10.2 Å². The van der Waals surface area contributed by atoms with Gasteiger partial charge in [0.1, 0.15) is 4.34 Å². The lowest BCUT2D eigenvalue weighted by Crippen LogP contribution is -2.11. The van der Waals surface area contributed by atoms with Crippen molar-refractivity contribution in [2.75, 3.05) is 5.32 Å². The van der Waals surface area contributed by atoms with Crippen molar-refractivity contribution >= 4 is 68.0 Å². The van der Waals surface area contributed by atoms with Crippen molar-refractivity contribution in [3.8, 4) is 11.5 Å². The summed E-state index contributed by atoms with van der Waals surface area (Å²) in [4.78, 5) is 16.5. The van der Waals surface area contributed by atoms with E-state index in [1.807, 2.05) is 0 Å². The fraction of sp³-hybridized carbons (Fsp3) is 0. The SMILES string of the molecule is O=C(Nc1nnc(-c2cc(Cl)sc2Cl)o1)c1ccc2ncsc2c1. The number of thiophene rings is 1. The lowest BCUT2D eigenvalue weighted by molar-refractivity contribution is 0.102. The summed E-state index contributed by atoms with van der Waals surface area (Å²) >= 11 is 14.6. The molecule has 0 aliphatic carbocycles. The highest BCUT2D eigenvalue weighted by molar-refractivity contribution is 7.20. The molecule has 0 saturated carbocycles. The van der Waals surface area contributed by atoms with Crippen molar-refractivity contribution in [2.45, 2.75) is 0 Å². The minimum atomic E-state index is -0.352. The first-order chi connectivity index (χ1) is 11.6.